The molecule has 1 fully saturated rings. The molecule has 0 aliphatic carbocycles. The zero-order chi connectivity index (χ0) is 11.8. The third-order valence-corrected chi connectivity index (χ3v) is 3.52. The highest BCUT2D eigenvalue weighted by atomic mass is 15.4. The molecule has 0 amide bonds. The van der Waals surface area contributed by atoms with Gasteiger partial charge in [-0.3, -0.25) is 0 Å². The molecule has 1 aliphatic rings. The van der Waals surface area contributed by atoms with E-state index in [0.717, 1.165) is 25.2 Å². The molecule has 0 aromatic carbocycles. The van der Waals surface area contributed by atoms with Gasteiger partial charge >= 0.3 is 0 Å². The van der Waals surface area contributed by atoms with E-state index < -0.39 is 0 Å². The molecule has 1 atom stereocenters. The lowest BCUT2D eigenvalue weighted by molar-refractivity contribution is 0.147. The number of piperidine rings is 1. The van der Waals surface area contributed by atoms with Gasteiger partial charge in [0.15, 0.2) is 0 Å². The summed E-state index contributed by atoms with van der Waals surface area (Å²) in [6.07, 6.45) is 3.25. The first-order valence-corrected chi connectivity index (χ1v) is 6.13. The van der Waals surface area contributed by atoms with E-state index in [1.165, 1.54) is 0 Å². The zero-order valence-electron chi connectivity index (χ0n) is 10.7. The summed E-state index contributed by atoms with van der Waals surface area (Å²) in [5.74, 6) is 0.457. The van der Waals surface area contributed by atoms with E-state index in [1.54, 1.807) is 0 Å². The molecule has 1 aromatic rings. The van der Waals surface area contributed by atoms with Gasteiger partial charge in [-0.1, -0.05) is 32.9 Å². The Morgan fingerprint density at radius 2 is 2.25 bits per heavy atom. The Kier molecular flexibility index (Phi) is 3.02. The molecule has 0 saturated carbocycles. The average Bonchev–Trinajstić information content (AvgIpc) is 2.65. The van der Waals surface area contributed by atoms with Gasteiger partial charge in [-0.05, 0) is 24.3 Å². The van der Waals surface area contributed by atoms with Gasteiger partial charge in [0, 0.05) is 12.7 Å². The lowest BCUT2D eigenvalue weighted by atomic mass is 9.80. The van der Waals surface area contributed by atoms with Crippen LogP contribution in [-0.2, 0) is 0 Å². The van der Waals surface area contributed by atoms with Crippen LogP contribution in [-0.4, -0.2) is 28.1 Å². The van der Waals surface area contributed by atoms with Crippen LogP contribution in [0.25, 0.3) is 0 Å². The predicted molar refractivity (Wildman–Crippen MR) is 64.4 cm³/mol. The van der Waals surface area contributed by atoms with Gasteiger partial charge in [0.05, 0.1) is 11.7 Å². The summed E-state index contributed by atoms with van der Waals surface area (Å²) in [7, 11) is 0. The molecule has 4 nitrogen and oxygen atoms in total. The molecular formula is C12H22N4. The Morgan fingerprint density at radius 1 is 1.50 bits per heavy atom. The zero-order valence-corrected chi connectivity index (χ0v) is 10.7. The standard InChI is InChI=1S/C12H22N4/c1-9(2)10-7-16(15-14-10)11-5-6-13-8-12(11,3)4/h7,9,11,13H,5-6,8H2,1-4H3. The first-order chi connectivity index (χ1) is 7.50. The van der Waals surface area contributed by atoms with Crippen molar-refractivity contribution in [3.05, 3.63) is 11.9 Å². The maximum atomic E-state index is 4.30. The third kappa shape index (κ3) is 2.12. The van der Waals surface area contributed by atoms with Crippen LogP contribution in [0.15, 0.2) is 6.20 Å². The number of hydrogen-bond acceptors (Lipinski definition) is 3. The van der Waals surface area contributed by atoms with Crippen molar-refractivity contribution in [2.24, 2.45) is 5.41 Å². The Labute approximate surface area is 97.4 Å². The first kappa shape index (κ1) is 11.6. The van der Waals surface area contributed by atoms with Crippen LogP contribution in [0.3, 0.4) is 0 Å². The maximum Gasteiger partial charge on any atom is 0.0852 e. The van der Waals surface area contributed by atoms with Crippen LogP contribution in [0.2, 0.25) is 0 Å². The first-order valence-electron chi connectivity index (χ1n) is 6.13. The molecule has 0 spiro atoms. The quantitative estimate of drug-likeness (QED) is 0.832. The molecule has 0 bridgehead atoms. The van der Waals surface area contributed by atoms with Gasteiger partial charge in [-0.15, -0.1) is 5.10 Å². The van der Waals surface area contributed by atoms with Crippen molar-refractivity contribution < 1.29 is 0 Å². The normalized spacial score (nSPS) is 24.9. The molecule has 1 aromatic heterocycles. The van der Waals surface area contributed by atoms with Crippen LogP contribution in [0.4, 0.5) is 0 Å². The molecule has 1 N–H and O–H groups in total. The van der Waals surface area contributed by atoms with Crippen LogP contribution < -0.4 is 5.32 Å². The molecule has 1 saturated heterocycles. The number of hydrogen-bond donors (Lipinski definition) is 1. The Bertz CT molecular complexity index is 354. The summed E-state index contributed by atoms with van der Waals surface area (Å²) >= 11 is 0. The molecule has 90 valence electrons. The monoisotopic (exact) mass is 222 g/mol. The van der Waals surface area contributed by atoms with E-state index >= 15 is 0 Å². The Balaban J connectivity index is 2.21. The second-order valence-corrected chi connectivity index (χ2v) is 5.75. The smallest absolute Gasteiger partial charge is 0.0852 e. The van der Waals surface area contributed by atoms with E-state index in [4.69, 9.17) is 0 Å². The molecule has 2 heterocycles. The van der Waals surface area contributed by atoms with Crippen molar-refractivity contribution in [1.82, 2.24) is 20.3 Å². The molecule has 16 heavy (non-hydrogen) atoms. The fourth-order valence-corrected chi connectivity index (χ4v) is 2.36. The lowest BCUT2D eigenvalue weighted by Crippen LogP contribution is -2.44. The minimum absolute atomic E-state index is 0.250. The maximum absolute atomic E-state index is 4.30. The van der Waals surface area contributed by atoms with Gasteiger partial charge < -0.3 is 5.32 Å². The summed E-state index contributed by atoms with van der Waals surface area (Å²) in [5.41, 5.74) is 1.34. The minimum Gasteiger partial charge on any atom is -0.316 e. The Hall–Kier alpha value is -0.900. The van der Waals surface area contributed by atoms with Gasteiger partial charge in [0.2, 0.25) is 0 Å². The van der Waals surface area contributed by atoms with Gasteiger partial charge in [-0.25, -0.2) is 4.68 Å². The molecular weight excluding hydrogens is 200 g/mol. The van der Waals surface area contributed by atoms with Gasteiger partial charge in [0.1, 0.15) is 0 Å². The highest BCUT2D eigenvalue weighted by molar-refractivity contribution is 5.01. The van der Waals surface area contributed by atoms with Crippen molar-refractivity contribution in [2.45, 2.75) is 46.1 Å². The molecule has 1 aliphatic heterocycles. The van der Waals surface area contributed by atoms with Crippen molar-refractivity contribution in [3.63, 3.8) is 0 Å². The Morgan fingerprint density at radius 3 is 2.81 bits per heavy atom. The van der Waals surface area contributed by atoms with E-state index in [-0.39, 0.29) is 5.41 Å². The van der Waals surface area contributed by atoms with Crippen LogP contribution in [0.1, 0.15) is 51.8 Å². The molecule has 4 heteroatoms. The summed E-state index contributed by atoms with van der Waals surface area (Å²) < 4.78 is 2.07. The van der Waals surface area contributed by atoms with Crippen LogP contribution >= 0.6 is 0 Å². The van der Waals surface area contributed by atoms with Crippen molar-refractivity contribution in [1.29, 1.82) is 0 Å². The summed E-state index contributed by atoms with van der Waals surface area (Å²) in [5, 5.41) is 12.0. The van der Waals surface area contributed by atoms with Crippen molar-refractivity contribution >= 4 is 0 Å². The van der Waals surface area contributed by atoms with Gasteiger partial charge in [-0.2, -0.15) is 0 Å². The number of rotatable bonds is 2. The molecule has 0 radical (unpaired) electrons. The minimum atomic E-state index is 0.250. The van der Waals surface area contributed by atoms with Crippen LogP contribution in [0, 0.1) is 5.41 Å². The SMILES string of the molecule is CC(C)c1cn(C2CCNCC2(C)C)nn1. The second-order valence-electron chi connectivity index (χ2n) is 5.75. The predicted octanol–water partition coefficient (Wildman–Crippen LogP) is 1.96. The molecule has 1 unspecified atom stereocenters. The third-order valence-electron chi connectivity index (χ3n) is 3.52. The summed E-state index contributed by atoms with van der Waals surface area (Å²) in [6.45, 7) is 11.0. The van der Waals surface area contributed by atoms with E-state index in [2.05, 4.69) is 54.2 Å². The number of aromatic nitrogens is 3. The van der Waals surface area contributed by atoms with E-state index in [0.29, 0.717) is 12.0 Å². The van der Waals surface area contributed by atoms with E-state index in [1.807, 2.05) is 0 Å². The fourth-order valence-electron chi connectivity index (χ4n) is 2.36. The summed E-state index contributed by atoms with van der Waals surface area (Å²) in [4.78, 5) is 0. The number of nitrogens with zero attached hydrogens (tertiary/aromatic N) is 3. The topological polar surface area (TPSA) is 42.7 Å². The van der Waals surface area contributed by atoms with Gasteiger partial charge in [0.25, 0.3) is 0 Å². The fraction of sp³-hybridized carbons (Fsp3) is 0.833. The van der Waals surface area contributed by atoms with E-state index in [9.17, 15) is 0 Å². The second kappa shape index (κ2) is 4.17. The largest absolute Gasteiger partial charge is 0.316 e. The van der Waals surface area contributed by atoms with Crippen LogP contribution in [0.5, 0.6) is 0 Å². The average molecular weight is 222 g/mol. The van der Waals surface area contributed by atoms with Crippen molar-refractivity contribution in [3.8, 4) is 0 Å². The van der Waals surface area contributed by atoms with Crippen molar-refractivity contribution in [2.75, 3.05) is 13.1 Å². The lowest BCUT2D eigenvalue weighted by Gasteiger charge is -2.38. The highest BCUT2D eigenvalue weighted by Crippen LogP contribution is 2.35. The highest BCUT2D eigenvalue weighted by Gasteiger charge is 2.34. The summed E-state index contributed by atoms with van der Waals surface area (Å²) in [6, 6.07) is 0.466. The number of nitrogens with one attached hydrogen (secondary N) is 1. The molecule has 2 rings (SSSR count).